The Morgan fingerprint density at radius 1 is 1.09 bits per heavy atom. The second-order valence-electron chi connectivity index (χ2n) is 5.50. The standard InChI is InChI=1S/C19H19N3O/c1-3-14-4-6-16(7-5-14)19(23)22-17-10-8-15(9-11-17)18-20-12-13(2)21-18/h4-12H,3H2,1-2H3,(H,20,21)(H,22,23). The summed E-state index contributed by atoms with van der Waals surface area (Å²) >= 11 is 0. The van der Waals surface area contributed by atoms with Crippen molar-refractivity contribution in [1.82, 2.24) is 9.97 Å². The molecule has 0 aliphatic rings. The van der Waals surface area contributed by atoms with Gasteiger partial charge in [0, 0.05) is 28.7 Å². The van der Waals surface area contributed by atoms with Crippen molar-refractivity contribution >= 4 is 11.6 Å². The van der Waals surface area contributed by atoms with Gasteiger partial charge < -0.3 is 10.3 Å². The molecule has 1 amide bonds. The number of hydrogen-bond acceptors (Lipinski definition) is 2. The fraction of sp³-hybridized carbons (Fsp3) is 0.158. The molecule has 2 aromatic carbocycles. The average Bonchev–Trinajstić information content (AvgIpc) is 3.02. The van der Waals surface area contributed by atoms with E-state index in [-0.39, 0.29) is 5.91 Å². The third kappa shape index (κ3) is 3.48. The van der Waals surface area contributed by atoms with E-state index in [0.717, 1.165) is 29.2 Å². The van der Waals surface area contributed by atoms with Gasteiger partial charge in [-0.3, -0.25) is 4.79 Å². The maximum absolute atomic E-state index is 12.2. The second kappa shape index (κ2) is 6.48. The monoisotopic (exact) mass is 305 g/mol. The number of nitrogens with zero attached hydrogens (tertiary/aromatic N) is 1. The molecule has 0 unspecified atom stereocenters. The van der Waals surface area contributed by atoms with Crippen LogP contribution in [0.5, 0.6) is 0 Å². The average molecular weight is 305 g/mol. The van der Waals surface area contributed by atoms with Gasteiger partial charge in [0.1, 0.15) is 5.82 Å². The third-order valence-corrected chi connectivity index (χ3v) is 3.74. The van der Waals surface area contributed by atoms with Gasteiger partial charge in [0.2, 0.25) is 0 Å². The summed E-state index contributed by atoms with van der Waals surface area (Å²) in [5.41, 5.74) is 4.66. The smallest absolute Gasteiger partial charge is 0.255 e. The first-order chi connectivity index (χ1) is 11.2. The highest BCUT2D eigenvalue weighted by Gasteiger charge is 2.07. The normalized spacial score (nSPS) is 10.5. The quantitative estimate of drug-likeness (QED) is 0.759. The molecule has 0 aliphatic carbocycles. The minimum Gasteiger partial charge on any atom is -0.342 e. The molecule has 0 fully saturated rings. The van der Waals surface area contributed by atoms with E-state index in [1.807, 2.05) is 55.5 Å². The molecule has 0 atom stereocenters. The molecule has 0 radical (unpaired) electrons. The van der Waals surface area contributed by atoms with Crippen molar-refractivity contribution in [1.29, 1.82) is 0 Å². The van der Waals surface area contributed by atoms with Crippen LogP contribution in [0.15, 0.2) is 54.7 Å². The Kier molecular flexibility index (Phi) is 4.24. The first kappa shape index (κ1) is 15.0. The molecule has 0 aliphatic heterocycles. The van der Waals surface area contributed by atoms with Gasteiger partial charge in [-0.1, -0.05) is 19.1 Å². The number of nitrogens with one attached hydrogen (secondary N) is 2. The van der Waals surface area contributed by atoms with E-state index in [2.05, 4.69) is 22.2 Å². The molecule has 116 valence electrons. The van der Waals surface area contributed by atoms with Crippen LogP contribution in [-0.2, 0) is 6.42 Å². The summed E-state index contributed by atoms with van der Waals surface area (Å²) in [5, 5.41) is 2.91. The van der Waals surface area contributed by atoms with E-state index < -0.39 is 0 Å². The third-order valence-electron chi connectivity index (χ3n) is 3.74. The number of H-pyrrole nitrogens is 1. The van der Waals surface area contributed by atoms with Gasteiger partial charge in [-0.15, -0.1) is 0 Å². The van der Waals surface area contributed by atoms with Crippen molar-refractivity contribution in [2.24, 2.45) is 0 Å². The Bertz CT molecular complexity index is 801. The molecule has 4 nitrogen and oxygen atoms in total. The minimum atomic E-state index is -0.103. The van der Waals surface area contributed by atoms with Crippen molar-refractivity contribution in [3.05, 3.63) is 71.5 Å². The van der Waals surface area contributed by atoms with Crippen molar-refractivity contribution in [2.45, 2.75) is 20.3 Å². The highest BCUT2D eigenvalue weighted by molar-refractivity contribution is 6.04. The predicted molar refractivity (Wildman–Crippen MR) is 92.5 cm³/mol. The van der Waals surface area contributed by atoms with Crippen LogP contribution < -0.4 is 5.32 Å². The zero-order chi connectivity index (χ0) is 16.2. The molecule has 0 saturated carbocycles. The minimum absolute atomic E-state index is 0.103. The van der Waals surface area contributed by atoms with Crippen molar-refractivity contribution < 1.29 is 4.79 Å². The molecule has 23 heavy (non-hydrogen) atoms. The zero-order valence-corrected chi connectivity index (χ0v) is 13.3. The number of aromatic nitrogens is 2. The van der Waals surface area contributed by atoms with E-state index in [1.54, 1.807) is 6.20 Å². The summed E-state index contributed by atoms with van der Waals surface area (Å²) in [4.78, 5) is 19.7. The van der Waals surface area contributed by atoms with E-state index in [4.69, 9.17) is 0 Å². The Hall–Kier alpha value is -2.88. The van der Waals surface area contributed by atoms with Crippen LogP contribution >= 0.6 is 0 Å². The summed E-state index contributed by atoms with van der Waals surface area (Å²) in [6.45, 7) is 4.06. The number of anilines is 1. The van der Waals surface area contributed by atoms with Crippen molar-refractivity contribution in [2.75, 3.05) is 5.32 Å². The SMILES string of the molecule is CCc1ccc(C(=O)Nc2ccc(-c3ncc(C)[nH]3)cc2)cc1. The van der Waals surface area contributed by atoms with E-state index in [0.29, 0.717) is 5.56 Å². The summed E-state index contributed by atoms with van der Waals surface area (Å²) in [5.74, 6) is 0.727. The molecule has 4 heteroatoms. The number of rotatable bonds is 4. The first-order valence-corrected chi connectivity index (χ1v) is 7.68. The molecular formula is C19H19N3O. The molecule has 0 saturated heterocycles. The number of imidazole rings is 1. The van der Waals surface area contributed by atoms with Crippen LogP contribution in [0, 0.1) is 6.92 Å². The van der Waals surface area contributed by atoms with Crippen LogP contribution in [0.1, 0.15) is 28.5 Å². The Morgan fingerprint density at radius 2 is 1.78 bits per heavy atom. The van der Waals surface area contributed by atoms with Crippen LogP contribution in [0.2, 0.25) is 0 Å². The van der Waals surface area contributed by atoms with Crippen LogP contribution in [0.25, 0.3) is 11.4 Å². The lowest BCUT2D eigenvalue weighted by molar-refractivity contribution is 0.102. The van der Waals surface area contributed by atoms with Crippen LogP contribution in [-0.4, -0.2) is 15.9 Å². The van der Waals surface area contributed by atoms with E-state index in [1.165, 1.54) is 5.56 Å². The Morgan fingerprint density at radius 3 is 2.35 bits per heavy atom. The summed E-state index contributed by atoms with van der Waals surface area (Å²) in [7, 11) is 0. The first-order valence-electron chi connectivity index (χ1n) is 7.68. The fourth-order valence-corrected chi connectivity index (χ4v) is 2.37. The number of carbonyl (C=O) groups is 1. The van der Waals surface area contributed by atoms with Gasteiger partial charge in [0.15, 0.2) is 0 Å². The van der Waals surface area contributed by atoms with Crippen LogP contribution in [0.4, 0.5) is 5.69 Å². The van der Waals surface area contributed by atoms with Gasteiger partial charge >= 0.3 is 0 Å². The van der Waals surface area contributed by atoms with Gasteiger partial charge in [-0.2, -0.15) is 0 Å². The number of benzene rings is 2. The lowest BCUT2D eigenvalue weighted by atomic mass is 10.1. The molecule has 0 spiro atoms. The number of aryl methyl sites for hydroxylation is 2. The molecule has 0 bridgehead atoms. The zero-order valence-electron chi connectivity index (χ0n) is 13.3. The van der Waals surface area contributed by atoms with Gasteiger partial charge in [0.05, 0.1) is 0 Å². The topological polar surface area (TPSA) is 57.8 Å². The Balaban J connectivity index is 1.71. The number of amides is 1. The lowest BCUT2D eigenvalue weighted by Gasteiger charge is -2.06. The highest BCUT2D eigenvalue weighted by Crippen LogP contribution is 2.19. The molecule has 3 aromatic rings. The van der Waals surface area contributed by atoms with Crippen LogP contribution in [0.3, 0.4) is 0 Å². The van der Waals surface area contributed by atoms with Crippen molar-refractivity contribution in [3.63, 3.8) is 0 Å². The van der Waals surface area contributed by atoms with Crippen molar-refractivity contribution in [3.8, 4) is 11.4 Å². The molecule has 1 aromatic heterocycles. The number of hydrogen-bond donors (Lipinski definition) is 2. The molecule has 1 heterocycles. The lowest BCUT2D eigenvalue weighted by Crippen LogP contribution is -2.11. The van der Waals surface area contributed by atoms with Gasteiger partial charge in [-0.05, 0) is 55.3 Å². The van der Waals surface area contributed by atoms with E-state index in [9.17, 15) is 4.79 Å². The highest BCUT2D eigenvalue weighted by atomic mass is 16.1. The molecular weight excluding hydrogens is 286 g/mol. The maximum Gasteiger partial charge on any atom is 0.255 e. The van der Waals surface area contributed by atoms with Gasteiger partial charge in [-0.25, -0.2) is 4.98 Å². The number of carbonyl (C=O) groups excluding carboxylic acids is 1. The second-order valence-corrected chi connectivity index (χ2v) is 5.50. The predicted octanol–water partition coefficient (Wildman–Crippen LogP) is 4.20. The summed E-state index contributed by atoms with van der Waals surface area (Å²) < 4.78 is 0. The summed E-state index contributed by atoms with van der Waals surface area (Å²) in [6.07, 6.45) is 2.76. The van der Waals surface area contributed by atoms with E-state index >= 15 is 0 Å². The Labute approximate surface area is 135 Å². The molecule has 2 N–H and O–H groups in total. The fourth-order valence-electron chi connectivity index (χ4n) is 2.37. The summed E-state index contributed by atoms with van der Waals surface area (Å²) in [6, 6.07) is 15.3. The molecule has 3 rings (SSSR count). The number of aromatic amines is 1. The largest absolute Gasteiger partial charge is 0.342 e. The maximum atomic E-state index is 12.2. The van der Waals surface area contributed by atoms with Gasteiger partial charge in [0.25, 0.3) is 5.91 Å².